The number of aryl methyl sites for hydroxylation is 1. The van der Waals surface area contributed by atoms with Gasteiger partial charge in [0.15, 0.2) is 0 Å². The van der Waals surface area contributed by atoms with Crippen molar-refractivity contribution in [1.29, 1.82) is 0 Å². The molecule has 0 aliphatic rings. The Hall–Kier alpha value is -2.60. The second-order valence-corrected chi connectivity index (χ2v) is 9.42. The van der Waals surface area contributed by atoms with E-state index < -0.39 is 10.0 Å². The first-order chi connectivity index (χ1) is 12.6. The van der Waals surface area contributed by atoms with Crippen LogP contribution < -0.4 is 4.72 Å². The quantitative estimate of drug-likeness (QED) is 0.713. The molecule has 0 radical (unpaired) electrons. The fraction of sp³-hybridized carbons (Fsp3) is 0.286. The van der Waals surface area contributed by atoms with Crippen molar-refractivity contribution < 1.29 is 8.42 Å². The number of sulfonamides is 1. The average molecular weight is 384 g/mol. The highest BCUT2D eigenvalue weighted by molar-refractivity contribution is 7.92. The minimum Gasteiger partial charge on any atom is -0.276 e. The molecule has 0 aliphatic heterocycles. The first-order valence-corrected chi connectivity index (χ1v) is 10.3. The first-order valence-electron chi connectivity index (χ1n) is 8.85. The summed E-state index contributed by atoms with van der Waals surface area (Å²) in [5.74, 6) is 0. The van der Waals surface area contributed by atoms with Crippen molar-refractivity contribution in [3.63, 3.8) is 0 Å². The summed E-state index contributed by atoms with van der Waals surface area (Å²) in [6, 6.07) is 15.1. The van der Waals surface area contributed by atoms with Crippen molar-refractivity contribution in [2.45, 2.75) is 44.6 Å². The summed E-state index contributed by atoms with van der Waals surface area (Å²) in [4.78, 5) is 0.238. The van der Waals surface area contributed by atoms with Crippen LogP contribution >= 0.6 is 0 Å². The van der Waals surface area contributed by atoms with Crippen molar-refractivity contribution >= 4 is 15.7 Å². The number of hydrogen-bond donors (Lipinski definition) is 1. The molecule has 0 unspecified atom stereocenters. The van der Waals surface area contributed by atoms with Crippen LogP contribution in [0.4, 0.5) is 5.69 Å². The molecule has 0 fully saturated rings. The number of hydrogen-bond acceptors (Lipinski definition) is 3. The monoisotopic (exact) mass is 383 g/mol. The molecule has 0 bridgehead atoms. The maximum absolute atomic E-state index is 12.6. The van der Waals surface area contributed by atoms with Crippen molar-refractivity contribution in [2.24, 2.45) is 0 Å². The molecule has 6 heteroatoms. The Bertz CT molecular complexity index is 1030. The Balaban J connectivity index is 1.75. The summed E-state index contributed by atoms with van der Waals surface area (Å²) in [5.41, 5.74) is 3.84. The van der Waals surface area contributed by atoms with E-state index in [4.69, 9.17) is 0 Å². The van der Waals surface area contributed by atoms with Crippen LogP contribution in [0.2, 0.25) is 0 Å². The van der Waals surface area contributed by atoms with Gasteiger partial charge < -0.3 is 0 Å². The lowest BCUT2D eigenvalue weighted by atomic mass is 9.87. The Morgan fingerprint density at radius 2 is 1.70 bits per heavy atom. The third kappa shape index (κ3) is 4.57. The summed E-state index contributed by atoms with van der Waals surface area (Å²) in [5, 5.41) is 4.27. The van der Waals surface area contributed by atoms with Gasteiger partial charge in [0.2, 0.25) is 0 Å². The van der Waals surface area contributed by atoms with Crippen LogP contribution in [0.1, 0.15) is 37.5 Å². The standard InChI is InChI=1S/C21H25N3O2S/c1-16-7-5-6-8-17(16)14-24-15-19(13-22-24)23-27(25,26)20-11-9-18(10-12-20)21(2,3)4/h5-13,15,23H,14H2,1-4H3. The van der Waals surface area contributed by atoms with E-state index in [1.54, 1.807) is 23.0 Å². The third-order valence-corrected chi connectivity index (χ3v) is 5.91. The van der Waals surface area contributed by atoms with E-state index in [1.807, 2.05) is 43.3 Å². The van der Waals surface area contributed by atoms with Crippen LogP contribution in [0.25, 0.3) is 0 Å². The van der Waals surface area contributed by atoms with E-state index >= 15 is 0 Å². The average Bonchev–Trinajstić information content (AvgIpc) is 3.02. The molecule has 1 N–H and O–H groups in total. The first kappa shape index (κ1) is 19.2. The second-order valence-electron chi connectivity index (χ2n) is 7.73. The van der Waals surface area contributed by atoms with Crippen molar-refractivity contribution in [1.82, 2.24) is 9.78 Å². The summed E-state index contributed by atoms with van der Waals surface area (Å²) < 4.78 is 29.6. The van der Waals surface area contributed by atoms with Crippen LogP contribution in [0.3, 0.4) is 0 Å². The zero-order valence-corrected chi connectivity index (χ0v) is 16.9. The molecule has 0 saturated carbocycles. The van der Waals surface area contributed by atoms with Gasteiger partial charge in [-0.3, -0.25) is 9.40 Å². The maximum atomic E-state index is 12.6. The summed E-state index contributed by atoms with van der Waals surface area (Å²) in [6.45, 7) is 8.92. The van der Waals surface area contributed by atoms with Crippen LogP contribution in [-0.4, -0.2) is 18.2 Å². The van der Waals surface area contributed by atoms with Gasteiger partial charge in [0.1, 0.15) is 0 Å². The highest BCUT2D eigenvalue weighted by Gasteiger charge is 2.18. The summed E-state index contributed by atoms with van der Waals surface area (Å²) >= 11 is 0. The lowest BCUT2D eigenvalue weighted by Crippen LogP contribution is -2.14. The molecule has 0 spiro atoms. The predicted octanol–water partition coefficient (Wildman–Crippen LogP) is 4.34. The van der Waals surface area contributed by atoms with Crippen molar-refractivity contribution in [3.8, 4) is 0 Å². The van der Waals surface area contributed by atoms with E-state index in [0.29, 0.717) is 12.2 Å². The molecule has 0 saturated heterocycles. The Kier molecular flexibility index (Phi) is 5.11. The Morgan fingerprint density at radius 3 is 2.33 bits per heavy atom. The molecular formula is C21H25N3O2S. The molecule has 3 aromatic rings. The van der Waals surface area contributed by atoms with E-state index in [-0.39, 0.29) is 10.3 Å². The zero-order valence-electron chi connectivity index (χ0n) is 16.1. The normalized spacial score (nSPS) is 12.1. The molecule has 3 rings (SSSR count). The molecule has 0 atom stereocenters. The van der Waals surface area contributed by atoms with Gasteiger partial charge >= 0.3 is 0 Å². The third-order valence-electron chi connectivity index (χ3n) is 4.51. The molecule has 142 valence electrons. The molecular weight excluding hydrogens is 358 g/mol. The molecule has 1 aromatic heterocycles. The van der Waals surface area contributed by atoms with Crippen LogP contribution in [0.15, 0.2) is 65.8 Å². The summed E-state index contributed by atoms with van der Waals surface area (Å²) in [7, 11) is -3.65. The molecule has 0 amide bonds. The topological polar surface area (TPSA) is 64.0 Å². The van der Waals surface area contributed by atoms with Crippen LogP contribution in [0, 0.1) is 6.92 Å². The maximum Gasteiger partial charge on any atom is 0.261 e. The van der Waals surface area contributed by atoms with E-state index in [9.17, 15) is 8.42 Å². The smallest absolute Gasteiger partial charge is 0.261 e. The molecule has 0 aliphatic carbocycles. The van der Waals surface area contributed by atoms with Gasteiger partial charge in [0, 0.05) is 6.20 Å². The molecule has 1 heterocycles. The van der Waals surface area contributed by atoms with Gasteiger partial charge in [-0.25, -0.2) is 8.42 Å². The number of nitrogens with one attached hydrogen (secondary N) is 1. The van der Waals surface area contributed by atoms with Gasteiger partial charge in [-0.2, -0.15) is 5.10 Å². The zero-order chi connectivity index (χ0) is 19.7. The largest absolute Gasteiger partial charge is 0.276 e. The molecule has 5 nitrogen and oxygen atoms in total. The van der Waals surface area contributed by atoms with Gasteiger partial charge in [-0.05, 0) is 41.2 Å². The lowest BCUT2D eigenvalue weighted by molar-refractivity contribution is 0.587. The van der Waals surface area contributed by atoms with Crippen LogP contribution in [0.5, 0.6) is 0 Å². The van der Waals surface area contributed by atoms with Gasteiger partial charge in [0.25, 0.3) is 10.0 Å². The van der Waals surface area contributed by atoms with Gasteiger partial charge in [-0.1, -0.05) is 57.2 Å². The number of aromatic nitrogens is 2. The number of rotatable bonds is 5. The minimum absolute atomic E-state index is 0.0214. The number of anilines is 1. The summed E-state index contributed by atoms with van der Waals surface area (Å²) in [6.07, 6.45) is 3.23. The van der Waals surface area contributed by atoms with E-state index in [2.05, 4.69) is 30.6 Å². The Morgan fingerprint density at radius 1 is 1.04 bits per heavy atom. The molecule has 27 heavy (non-hydrogen) atoms. The van der Waals surface area contributed by atoms with Gasteiger partial charge in [0.05, 0.1) is 23.3 Å². The Labute approximate surface area is 161 Å². The number of benzene rings is 2. The SMILES string of the molecule is Cc1ccccc1Cn1cc(NS(=O)(=O)c2ccc(C(C)(C)C)cc2)cn1. The highest BCUT2D eigenvalue weighted by Crippen LogP contribution is 2.24. The van der Waals surface area contributed by atoms with Gasteiger partial charge in [-0.15, -0.1) is 0 Å². The fourth-order valence-corrected chi connectivity index (χ4v) is 3.84. The van der Waals surface area contributed by atoms with Crippen LogP contribution in [-0.2, 0) is 22.0 Å². The molecule has 2 aromatic carbocycles. The number of nitrogens with zero attached hydrogens (tertiary/aromatic N) is 2. The van der Waals surface area contributed by atoms with Crippen molar-refractivity contribution in [2.75, 3.05) is 4.72 Å². The fourth-order valence-electron chi connectivity index (χ4n) is 2.81. The van der Waals surface area contributed by atoms with E-state index in [0.717, 1.165) is 11.1 Å². The minimum atomic E-state index is -3.65. The lowest BCUT2D eigenvalue weighted by Gasteiger charge is -2.19. The van der Waals surface area contributed by atoms with Crippen molar-refractivity contribution in [3.05, 3.63) is 77.6 Å². The second kappa shape index (κ2) is 7.19. The highest BCUT2D eigenvalue weighted by atomic mass is 32.2. The van der Waals surface area contributed by atoms with E-state index in [1.165, 1.54) is 11.8 Å². The predicted molar refractivity (Wildman–Crippen MR) is 108 cm³/mol.